The first-order chi connectivity index (χ1) is 5.65. The third-order valence-electron chi connectivity index (χ3n) is 1.57. The Hall–Kier alpha value is -1.20. The van der Waals surface area contributed by atoms with Crippen LogP contribution in [0, 0.1) is 0 Å². The van der Waals surface area contributed by atoms with Gasteiger partial charge in [0.1, 0.15) is 5.75 Å². The smallest absolute Gasteiger partial charge is 0.490 e. The van der Waals surface area contributed by atoms with Gasteiger partial charge in [0.15, 0.2) is 0 Å². The van der Waals surface area contributed by atoms with Crippen molar-refractivity contribution in [1.82, 2.24) is 0 Å². The molecule has 4 nitrogen and oxygen atoms in total. The summed E-state index contributed by atoms with van der Waals surface area (Å²) in [4.78, 5) is 0. The number of anilines is 1. The standard InChI is InChI=1S/C7H10BNO3/c1-12-5-2-3-6(8(10)11)7(9)4-5/h2-4,10-11H,9H2,1H3. The Balaban J connectivity index is 3.03. The van der Waals surface area contributed by atoms with Gasteiger partial charge in [-0.1, -0.05) is 6.07 Å². The van der Waals surface area contributed by atoms with E-state index in [4.69, 9.17) is 20.5 Å². The predicted molar refractivity (Wildman–Crippen MR) is 47.2 cm³/mol. The van der Waals surface area contributed by atoms with Crippen LogP contribution in [0.3, 0.4) is 0 Å². The van der Waals surface area contributed by atoms with E-state index in [1.54, 1.807) is 6.07 Å². The SMILES string of the molecule is COc1ccc(B(O)O)c(N)c1. The van der Waals surface area contributed by atoms with E-state index in [1.165, 1.54) is 19.2 Å². The lowest BCUT2D eigenvalue weighted by molar-refractivity contribution is 0.414. The molecule has 1 rings (SSSR count). The Kier molecular flexibility index (Phi) is 2.57. The van der Waals surface area contributed by atoms with Crippen molar-refractivity contribution < 1.29 is 14.8 Å². The quantitative estimate of drug-likeness (QED) is 0.388. The molecular formula is C7H10BNO3. The monoisotopic (exact) mass is 167 g/mol. The zero-order valence-electron chi connectivity index (χ0n) is 6.69. The fourth-order valence-corrected chi connectivity index (χ4v) is 0.915. The average Bonchev–Trinajstić information content (AvgIpc) is 2.03. The molecular weight excluding hydrogens is 157 g/mol. The maximum Gasteiger partial charge on any atom is 0.490 e. The molecule has 5 heteroatoms. The summed E-state index contributed by atoms with van der Waals surface area (Å²) in [5.74, 6) is 0.594. The van der Waals surface area contributed by atoms with Crippen LogP contribution >= 0.6 is 0 Å². The maximum atomic E-state index is 8.80. The van der Waals surface area contributed by atoms with Crippen LogP contribution in [-0.2, 0) is 0 Å². The van der Waals surface area contributed by atoms with Crippen molar-refractivity contribution in [3.63, 3.8) is 0 Å². The predicted octanol–water partition coefficient (Wildman–Crippen LogP) is -1.04. The lowest BCUT2D eigenvalue weighted by Crippen LogP contribution is -2.32. The zero-order valence-corrected chi connectivity index (χ0v) is 6.69. The molecule has 0 aliphatic heterocycles. The minimum Gasteiger partial charge on any atom is -0.497 e. The molecule has 0 unspecified atom stereocenters. The molecule has 0 fully saturated rings. The Morgan fingerprint density at radius 2 is 2.08 bits per heavy atom. The summed E-state index contributed by atoms with van der Waals surface area (Å²) in [6, 6.07) is 4.67. The Morgan fingerprint density at radius 3 is 2.50 bits per heavy atom. The van der Waals surface area contributed by atoms with Gasteiger partial charge < -0.3 is 20.5 Å². The van der Waals surface area contributed by atoms with Crippen molar-refractivity contribution >= 4 is 18.3 Å². The number of benzene rings is 1. The van der Waals surface area contributed by atoms with Gasteiger partial charge in [-0.3, -0.25) is 0 Å². The number of nitrogen functional groups attached to an aromatic ring is 1. The molecule has 4 N–H and O–H groups in total. The highest BCUT2D eigenvalue weighted by Crippen LogP contribution is 2.12. The van der Waals surface area contributed by atoms with E-state index in [1.807, 2.05) is 0 Å². The van der Waals surface area contributed by atoms with E-state index < -0.39 is 7.12 Å². The van der Waals surface area contributed by atoms with Crippen molar-refractivity contribution in [3.8, 4) is 5.75 Å². The van der Waals surface area contributed by atoms with Crippen LogP contribution in [0.15, 0.2) is 18.2 Å². The van der Waals surface area contributed by atoms with Gasteiger partial charge in [0.25, 0.3) is 0 Å². The summed E-state index contributed by atoms with van der Waals surface area (Å²) in [6.07, 6.45) is 0. The van der Waals surface area contributed by atoms with Gasteiger partial charge in [-0.15, -0.1) is 0 Å². The van der Waals surface area contributed by atoms with E-state index in [0.29, 0.717) is 11.4 Å². The molecule has 0 bridgehead atoms. The third-order valence-corrected chi connectivity index (χ3v) is 1.57. The number of hydrogen-bond acceptors (Lipinski definition) is 4. The molecule has 0 aliphatic carbocycles. The van der Waals surface area contributed by atoms with E-state index in [0.717, 1.165) is 0 Å². The zero-order chi connectivity index (χ0) is 9.14. The van der Waals surface area contributed by atoms with Crippen molar-refractivity contribution in [2.24, 2.45) is 0 Å². The van der Waals surface area contributed by atoms with Gasteiger partial charge in [-0.05, 0) is 6.07 Å². The molecule has 0 atom stereocenters. The summed E-state index contributed by atoms with van der Waals surface area (Å²) in [7, 11) is -0.0139. The summed E-state index contributed by atoms with van der Waals surface area (Å²) >= 11 is 0. The van der Waals surface area contributed by atoms with Crippen LogP contribution in [0.4, 0.5) is 5.69 Å². The Bertz CT molecular complexity index is 277. The number of methoxy groups -OCH3 is 1. The maximum absolute atomic E-state index is 8.80. The molecule has 0 spiro atoms. The van der Waals surface area contributed by atoms with Crippen LogP contribution in [-0.4, -0.2) is 24.3 Å². The van der Waals surface area contributed by atoms with Gasteiger partial charge >= 0.3 is 7.12 Å². The van der Waals surface area contributed by atoms with Crippen LogP contribution in [0.25, 0.3) is 0 Å². The highest BCUT2D eigenvalue weighted by molar-refractivity contribution is 6.60. The number of hydrogen-bond donors (Lipinski definition) is 3. The first-order valence-electron chi connectivity index (χ1n) is 3.44. The topological polar surface area (TPSA) is 75.7 Å². The second-order valence-electron chi connectivity index (χ2n) is 2.37. The molecule has 0 saturated carbocycles. The van der Waals surface area contributed by atoms with Crippen LogP contribution in [0.2, 0.25) is 0 Å². The Labute approximate surface area is 70.7 Å². The molecule has 0 radical (unpaired) electrons. The van der Waals surface area contributed by atoms with Crippen LogP contribution in [0.1, 0.15) is 0 Å². The number of nitrogens with two attached hydrogens (primary N) is 1. The Morgan fingerprint density at radius 1 is 1.42 bits per heavy atom. The van der Waals surface area contributed by atoms with E-state index >= 15 is 0 Å². The highest BCUT2D eigenvalue weighted by atomic mass is 16.5. The second kappa shape index (κ2) is 3.47. The summed E-state index contributed by atoms with van der Waals surface area (Å²) in [5.41, 5.74) is 6.10. The summed E-state index contributed by atoms with van der Waals surface area (Å²) < 4.78 is 4.89. The van der Waals surface area contributed by atoms with Crippen molar-refractivity contribution in [1.29, 1.82) is 0 Å². The fraction of sp³-hybridized carbons (Fsp3) is 0.143. The van der Waals surface area contributed by atoms with Gasteiger partial charge in [0, 0.05) is 17.2 Å². The highest BCUT2D eigenvalue weighted by Gasteiger charge is 2.14. The summed E-state index contributed by atoms with van der Waals surface area (Å²) in [6.45, 7) is 0. The molecule has 0 aliphatic rings. The van der Waals surface area contributed by atoms with Crippen molar-refractivity contribution in [2.75, 3.05) is 12.8 Å². The normalized spacial score (nSPS) is 9.58. The van der Waals surface area contributed by atoms with Crippen LogP contribution < -0.4 is 15.9 Å². The molecule has 0 heterocycles. The minimum absolute atomic E-state index is 0.288. The molecule has 12 heavy (non-hydrogen) atoms. The van der Waals surface area contributed by atoms with Gasteiger partial charge in [0.05, 0.1) is 7.11 Å². The first-order valence-corrected chi connectivity index (χ1v) is 3.44. The molecule has 1 aromatic rings. The molecule has 1 aromatic carbocycles. The van der Waals surface area contributed by atoms with Crippen molar-refractivity contribution in [2.45, 2.75) is 0 Å². The molecule has 0 amide bonds. The number of rotatable bonds is 2. The van der Waals surface area contributed by atoms with E-state index in [-0.39, 0.29) is 5.46 Å². The second-order valence-corrected chi connectivity index (χ2v) is 2.37. The van der Waals surface area contributed by atoms with E-state index in [2.05, 4.69) is 0 Å². The van der Waals surface area contributed by atoms with Gasteiger partial charge in [-0.2, -0.15) is 0 Å². The van der Waals surface area contributed by atoms with Crippen molar-refractivity contribution in [3.05, 3.63) is 18.2 Å². The summed E-state index contributed by atoms with van der Waals surface area (Å²) in [5, 5.41) is 17.6. The largest absolute Gasteiger partial charge is 0.497 e. The van der Waals surface area contributed by atoms with Gasteiger partial charge in [-0.25, -0.2) is 0 Å². The van der Waals surface area contributed by atoms with Crippen LogP contribution in [0.5, 0.6) is 5.75 Å². The molecule has 64 valence electrons. The fourth-order valence-electron chi connectivity index (χ4n) is 0.915. The third kappa shape index (κ3) is 1.69. The van der Waals surface area contributed by atoms with E-state index in [9.17, 15) is 0 Å². The first kappa shape index (κ1) is 8.90. The molecule has 0 saturated heterocycles. The molecule has 0 aromatic heterocycles. The average molecular weight is 167 g/mol. The van der Waals surface area contributed by atoms with Gasteiger partial charge in [0.2, 0.25) is 0 Å². The number of ether oxygens (including phenoxy) is 1. The lowest BCUT2D eigenvalue weighted by atomic mass is 9.79. The minimum atomic E-state index is -1.53. The lowest BCUT2D eigenvalue weighted by Gasteiger charge is -2.05.